The molecule has 0 heterocycles. The summed E-state index contributed by atoms with van der Waals surface area (Å²) in [5, 5.41) is 3.14. The maximum atomic E-state index is 12.3. The average molecular weight is 423 g/mol. The van der Waals surface area contributed by atoms with E-state index in [2.05, 4.69) is 5.32 Å². The van der Waals surface area contributed by atoms with Gasteiger partial charge in [0, 0.05) is 24.3 Å². The molecule has 0 aliphatic carbocycles. The third-order valence-electron chi connectivity index (χ3n) is 3.96. The molecule has 148 valence electrons. The molecule has 0 aliphatic heterocycles. The fourth-order valence-corrected chi connectivity index (χ4v) is 2.72. The van der Waals surface area contributed by atoms with Crippen LogP contribution in [0.2, 0.25) is 10.0 Å². The van der Waals surface area contributed by atoms with Gasteiger partial charge in [-0.25, -0.2) is 4.79 Å². The van der Waals surface area contributed by atoms with E-state index < -0.39 is 18.5 Å². The highest BCUT2D eigenvalue weighted by Gasteiger charge is 2.14. The molecule has 0 spiro atoms. The van der Waals surface area contributed by atoms with Crippen LogP contribution in [0, 0.1) is 0 Å². The molecule has 0 atom stereocenters. The number of ether oxygens (including phenoxy) is 1. The minimum Gasteiger partial charge on any atom is -0.452 e. The van der Waals surface area contributed by atoms with Crippen LogP contribution in [0.3, 0.4) is 0 Å². The van der Waals surface area contributed by atoms with Gasteiger partial charge < -0.3 is 15.0 Å². The number of nitrogens with zero attached hydrogens (tertiary/aromatic N) is 1. The molecule has 2 aromatic rings. The van der Waals surface area contributed by atoms with Crippen molar-refractivity contribution in [2.75, 3.05) is 25.0 Å². The Hall–Kier alpha value is -2.57. The maximum absolute atomic E-state index is 12.3. The van der Waals surface area contributed by atoms with Crippen LogP contribution in [0.5, 0.6) is 0 Å². The molecular weight excluding hydrogens is 403 g/mol. The number of esters is 1. The monoisotopic (exact) mass is 422 g/mol. The van der Waals surface area contributed by atoms with Crippen molar-refractivity contribution in [1.82, 2.24) is 4.90 Å². The molecule has 2 aromatic carbocycles. The number of halogens is 2. The van der Waals surface area contributed by atoms with Crippen LogP contribution in [0.25, 0.3) is 0 Å². The molecule has 0 bridgehead atoms. The van der Waals surface area contributed by atoms with Gasteiger partial charge in [-0.2, -0.15) is 0 Å². The summed E-state index contributed by atoms with van der Waals surface area (Å²) in [5.74, 6) is -1.26. The largest absolute Gasteiger partial charge is 0.452 e. The van der Waals surface area contributed by atoms with Crippen molar-refractivity contribution in [3.8, 4) is 0 Å². The summed E-state index contributed by atoms with van der Waals surface area (Å²) in [7, 11) is 0. The predicted octanol–water partition coefficient (Wildman–Crippen LogP) is 4.27. The number of hydrogen-bond acceptors (Lipinski definition) is 4. The second kappa shape index (κ2) is 10.1. The molecule has 0 saturated carbocycles. The number of hydrogen-bond donors (Lipinski definition) is 1. The van der Waals surface area contributed by atoms with E-state index in [1.54, 1.807) is 29.2 Å². The van der Waals surface area contributed by atoms with Gasteiger partial charge in [-0.15, -0.1) is 0 Å². The zero-order chi connectivity index (χ0) is 20.7. The van der Waals surface area contributed by atoms with Crippen LogP contribution in [-0.2, 0) is 9.53 Å². The number of anilines is 1. The lowest BCUT2D eigenvalue weighted by Crippen LogP contribution is -2.30. The SMILES string of the molecule is CCN(CC)C(=O)c1ccc(NC(=O)COC(=O)c2ccc(Cl)c(Cl)c2)cc1. The predicted molar refractivity (Wildman–Crippen MR) is 109 cm³/mol. The van der Waals surface area contributed by atoms with Gasteiger partial charge in [0.1, 0.15) is 0 Å². The van der Waals surface area contributed by atoms with Crippen molar-refractivity contribution in [2.45, 2.75) is 13.8 Å². The quantitative estimate of drug-likeness (QED) is 0.675. The zero-order valence-corrected chi connectivity index (χ0v) is 17.0. The summed E-state index contributed by atoms with van der Waals surface area (Å²) in [6.45, 7) is 4.61. The summed E-state index contributed by atoms with van der Waals surface area (Å²) < 4.78 is 4.97. The number of rotatable bonds is 7. The van der Waals surface area contributed by atoms with Crippen molar-refractivity contribution in [3.05, 3.63) is 63.6 Å². The standard InChI is InChI=1S/C20H20Cl2N2O4/c1-3-24(4-2)19(26)13-5-8-15(9-6-13)23-18(25)12-28-20(27)14-7-10-16(21)17(22)11-14/h5-11H,3-4,12H2,1-2H3,(H,23,25). The first-order valence-electron chi connectivity index (χ1n) is 8.67. The Balaban J connectivity index is 1.89. The van der Waals surface area contributed by atoms with Crippen molar-refractivity contribution in [1.29, 1.82) is 0 Å². The van der Waals surface area contributed by atoms with Crippen molar-refractivity contribution in [3.63, 3.8) is 0 Å². The zero-order valence-electron chi connectivity index (χ0n) is 15.5. The van der Waals surface area contributed by atoms with Gasteiger partial charge in [-0.05, 0) is 56.3 Å². The van der Waals surface area contributed by atoms with E-state index in [-0.39, 0.29) is 16.5 Å². The molecule has 0 aromatic heterocycles. The van der Waals surface area contributed by atoms with Gasteiger partial charge in [0.2, 0.25) is 0 Å². The minimum absolute atomic E-state index is 0.0709. The fourth-order valence-electron chi connectivity index (χ4n) is 2.42. The molecule has 8 heteroatoms. The summed E-state index contributed by atoms with van der Waals surface area (Å²) in [6.07, 6.45) is 0. The van der Waals surface area contributed by atoms with Gasteiger partial charge in [-0.3, -0.25) is 9.59 Å². The lowest BCUT2D eigenvalue weighted by atomic mass is 10.2. The molecule has 6 nitrogen and oxygen atoms in total. The molecule has 0 aliphatic rings. The first-order chi connectivity index (χ1) is 13.3. The van der Waals surface area contributed by atoms with E-state index >= 15 is 0 Å². The van der Waals surface area contributed by atoms with E-state index in [1.165, 1.54) is 18.2 Å². The van der Waals surface area contributed by atoms with Crippen molar-refractivity contribution in [2.24, 2.45) is 0 Å². The summed E-state index contributed by atoms with van der Waals surface area (Å²) in [5.41, 5.74) is 1.22. The van der Waals surface area contributed by atoms with E-state index in [0.717, 1.165) is 0 Å². The third kappa shape index (κ3) is 5.71. The Morgan fingerprint density at radius 2 is 1.54 bits per heavy atom. The van der Waals surface area contributed by atoms with Crippen LogP contribution in [0.4, 0.5) is 5.69 Å². The molecule has 0 saturated heterocycles. The lowest BCUT2D eigenvalue weighted by Gasteiger charge is -2.18. The average Bonchev–Trinajstić information content (AvgIpc) is 2.69. The number of carbonyl (C=O) groups excluding carboxylic acids is 3. The van der Waals surface area contributed by atoms with Crippen LogP contribution >= 0.6 is 23.2 Å². The summed E-state index contributed by atoms with van der Waals surface area (Å²) in [4.78, 5) is 37.9. The maximum Gasteiger partial charge on any atom is 0.338 e. The fraction of sp³-hybridized carbons (Fsp3) is 0.250. The third-order valence-corrected chi connectivity index (χ3v) is 4.69. The summed E-state index contributed by atoms with van der Waals surface area (Å²) in [6, 6.07) is 10.8. The first-order valence-corrected chi connectivity index (χ1v) is 9.42. The molecule has 1 N–H and O–H groups in total. The molecule has 0 fully saturated rings. The number of nitrogens with one attached hydrogen (secondary N) is 1. The Kier molecular flexibility index (Phi) is 7.84. The molecule has 0 unspecified atom stereocenters. The number of amides is 2. The molecule has 0 radical (unpaired) electrons. The highest BCUT2D eigenvalue weighted by atomic mass is 35.5. The van der Waals surface area contributed by atoms with E-state index in [4.69, 9.17) is 27.9 Å². The molecule has 28 heavy (non-hydrogen) atoms. The Labute approximate surface area is 173 Å². The highest BCUT2D eigenvalue weighted by molar-refractivity contribution is 6.42. The highest BCUT2D eigenvalue weighted by Crippen LogP contribution is 2.23. The Morgan fingerprint density at radius 1 is 0.929 bits per heavy atom. The van der Waals surface area contributed by atoms with E-state index in [9.17, 15) is 14.4 Å². The van der Waals surface area contributed by atoms with Gasteiger partial charge >= 0.3 is 5.97 Å². The van der Waals surface area contributed by atoms with E-state index in [1.807, 2.05) is 13.8 Å². The second-order valence-corrected chi connectivity index (χ2v) is 6.62. The van der Waals surface area contributed by atoms with Gasteiger partial charge in [0.15, 0.2) is 6.61 Å². The van der Waals surface area contributed by atoms with Gasteiger partial charge in [0.05, 0.1) is 15.6 Å². The molecular formula is C20H20Cl2N2O4. The molecule has 2 rings (SSSR count). The van der Waals surface area contributed by atoms with Crippen molar-refractivity contribution < 1.29 is 19.1 Å². The minimum atomic E-state index is -0.686. The van der Waals surface area contributed by atoms with Crippen LogP contribution in [0.1, 0.15) is 34.6 Å². The van der Waals surface area contributed by atoms with Gasteiger partial charge in [0.25, 0.3) is 11.8 Å². The topological polar surface area (TPSA) is 75.7 Å². The number of carbonyl (C=O) groups is 3. The summed E-state index contributed by atoms with van der Waals surface area (Å²) >= 11 is 11.7. The Bertz CT molecular complexity index is 865. The smallest absolute Gasteiger partial charge is 0.338 e. The van der Waals surface area contributed by atoms with Gasteiger partial charge in [-0.1, -0.05) is 23.2 Å². The normalized spacial score (nSPS) is 10.3. The van der Waals surface area contributed by atoms with Crippen LogP contribution < -0.4 is 5.32 Å². The van der Waals surface area contributed by atoms with Crippen molar-refractivity contribution >= 4 is 46.7 Å². The Morgan fingerprint density at radius 3 is 2.11 bits per heavy atom. The van der Waals surface area contributed by atoms with Crippen LogP contribution in [-0.4, -0.2) is 42.4 Å². The first kappa shape index (κ1) is 21.7. The molecule has 2 amide bonds. The second-order valence-electron chi connectivity index (χ2n) is 5.81. The number of benzene rings is 2. The van der Waals surface area contributed by atoms with E-state index in [0.29, 0.717) is 29.4 Å². The van der Waals surface area contributed by atoms with Crippen LogP contribution in [0.15, 0.2) is 42.5 Å². The lowest BCUT2D eigenvalue weighted by molar-refractivity contribution is -0.119.